The van der Waals surface area contributed by atoms with Gasteiger partial charge in [-0.3, -0.25) is 0 Å². The highest BCUT2D eigenvalue weighted by Gasteiger charge is 2.08. The molecule has 102 valence electrons. The maximum Gasteiger partial charge on any atom is 0.0642 e. The predicted molar refractivity (Wildman–Crippen MR) is 98.8 cm³/mol. The van der Waals surface area contributed by atoms with Gasteiger partial charge in [-0.1, -0.05) is 15.9 Å². The highest BCUT2D eigenvalue weighted by atomic mass is 79.9. The minimum atomic E-state index is 0.996. The molecule has 2 nitrogen and oxygen atoms in total. The van der Waals surface area contributed by atoms with E-state index in [4.69, 9.17) is 0 Å². The van der Waals surface area contributed by atoms with E-state index in [0.29, 0.717) is 0 Å². The van der Waals surface area contributed by atoms with Gasteiger partial charge in [0.2, 0.25) is 0 Å². The van der Waals surface area contributed by atoms with Gasteiger partial charge in [-0.25, -0.2) is 0 Å². The van der Waals surface area contributed by atoms with Gasteiger partial charge >= 0.3 is 0 Å². The molecule has 3 rings (SSSR count). The maximum absolute atomic E-state index is 3.53. The summed E-state index contributed by atoms with van der Waals surface area (Å²) in [7, 11) is 0. The van der Waals surface area contributed by atoms with Crippen LogP contribution in [0.5, 0.6) is 0 Å². The number of H-pyrrole nitrogens is 1. The Morgan fingerprint density at radius 2 is 1.60 bits per heavy atom. The molecule has 1 heterocycles. The average Bonchev–Trinajstić information content (AvgIpc) is 2.78. The van der Waals surface area contributed by atoms with Crippen LogP contribution in [0.4, 0.5) is 11.4 Å². The van der Waals surface area contributed by atoms with Crippen LogP contribution in [0.2, 0.25) is 0 Å². The monoisotopic (exact) mass is 520 g/mol. The third-order valence-corrected chi connectivity index (χ3v) is 6.57. The van der Waals surface area contributed by atoms with Crippen molar-refractivity contribution in [1.82, 2.24) is 4.98 Å². The number of nitrogens with one attached hydrogen (secondary N) is 2. The number of benzene rings is 2. The van der Waals surface area contributed by atoms with Gasteiger partial charge in [0, 0.05) is 40.7 Å². The van der Waals surface area contributed by atoms with Crippen LogP contribution in [0.3, 0.4) is 0 Å². The van der Waals surface area contributed by atoms with Gasteiger partial charge in [0.15, 0.2) is 0 Å². The summed E-state index contributed by atoms with van der Waals surface area (Å²) in [5.41, 5.74) is 3.15. The molecule has 2 aromatic carbocycles. The fourth-order valence-corrected chi connectivity index (χ4v) is 3.76. The van der Waals surface area contributed by atoms with Crippen LogP contribution in [0.1, 0.15) is 0 Å². The third kappa shape index (κ3) is 2.84. The smallest absolute Gasteiger partial charge is 0.0642 e. The fourth-order valence-electron chi connectivity index (χ4n) is 1.98. The SMILES string of the molecule is Brc1ccc2[nH]cc(Nc3cc(Br)c(Br)c(Br)c3)c2c1. The van der Waals surface area contributed by atoms with E-state index in [1.807, 2.05) is 24.4 Å². The lowest BCUT2D eigenvalue weighted by molar-refractivity contribution is 1.45. The molecular weight excluding hydrogens is 516 g/mol. The minimum Gasteiger partial charge on any atom is -0.359 e. The molecule has 0 unspecified atom stereocenters. The Morgan fingerprint density at radius 1 is 0.900 bits per heavy atom. The summed E-state index contributed by atoms with van der Waals surface area (Å²) in [5, 5.41) is 4.58. The zero-order valence-electron chi connectivity index (χ0n) is 9.98. The summed E-state index contributed by atoms with van der Waals surface area (Å²) in [6.45, 7) is 0. The van der Waals surface area contributed by atoms with Crippen molar-refractivity contribution in [3.8, 4) is 0 Å². The molecule has 2 N–H and O–H groups in total. The second-order valence-electron chi connectivity index (χ2n) is 4.27. The largest absolute Gasteiger partial charge is 0.359 e. The highest BCUT2D eigenvalue weighted by Crippen LogP contribution is 2.36. The van der Waals surface area contributed by atoms with E-state index in [-0.39, 0.29) is 0 Å². The maximum atomic E-state index is 3.53. The second-order valence-corrected chi connectivity index (χ2v) is 7.69. The van der Waals surface area contributed by atoms with Gasteiger partial charge < -0.3 is 10.3 Å². The molecule has 0 bridgehead atoms. The molecular formula is C14H8Br4N2. The number of anilines is 2. The van der Waals surface area contributed by atoms with E-state index in [9.17, 15) is 0 Å². The Labute approximate surface area is 149 Å². The van der Waals surface area contributed by atoms with Gasteiger partial charge in [-0.15, -0.1) is 0 Å². The highest BCUT2D eigenvalue weighted by molar-refractivity contribution is 9.14. The Balaban J connectivity index is 2.03. The van der Waals surface area contributed by atoms with Crippen LogP contribution in [-0.2, 0) is 0 Å². The lowest BCUT2D eigenvalue weighted by atomic mass is 10.2. The zero-order valence-corrected chi connectivity index (χ0v) is 16.3. The van der Waals surface area contributed by atoms with Crippen molar-refractivity contribution >= 4 is 86.0 Å². The van der Waals surface area contributed by atoms with Gasteiger partial charge in [0.1, 0.15) is 0 Å². The summed E-state index contributed by atoms with van der Waals surface area (Å²) in [6, 6.07) is 10.2. The Kier molecular flexibility index (Phi) is 4.26. The molecule has 3 aromatic rings. The number of halogens is 4. The first kappa shape index (κ1) is 14.6. The minimum absolute atomic E-state index is 0.996. The van der Waals surface area contributed by atoms with E-state index < -0.39 is 0 Å². The van der Waals surface area contributed by atoms with Crippen LogP contribution >= 0.6 is 63.7 Å². The Hall–Kier alpha value is -0.300. The van der Waals surface area contributed by atoms with Crippen LogP contribution in [-0.4, -0.2) is 4.98 Å². The van der Waals surface area contributed by atoms with Crippen molar-refractivity contribution in [1.29, 1.82) is 0 Å². The first-order chi connectivity index (χ1) is 9.54. The summed E-state index contributed by atoms with van der Waals surface area (Å²) in [6.07, 6.45) is 1.97. The summed E-state index contributed by atoms with van der Waals surface area (Å²) >= 11 is 14.1. The molecule has 0 aliphatic carbocycles. The summed E-state index contributed by atoms with van der Waals surface area (Å²) in [5.74, 6) is 0. The van der Waals surface area contributed by atoms with Gasteiger partial charge in [0.05, 0.1) is 5.69 Å². The van der Waals surface area contributed by atoms with Crippen molar-refractivity contribution in [2.75, 3.05) is 5.32 Å². The van der Waals surface area contributed by atoms with Crippen LogP contribution < -0.4 is 5.32 Å². The van der Waals surface area contributed by atoms with Crippen molar-refractivity contribution in [3.05, 3.63) is 54.4 Å². The zero-order chi connectivity index (χ0) is 14.3. The number of fused-ring (bicyclic) bond motifs is 1. The summed E-state index contributed by atoms with van der Waals surface area (Å²) in [4.78, 5) is 3.26. The first-order valence-electron chi connectivity index (χ1n) is 5.73. The molecule has 0 aliphatic heterocycles. The standard InChI is InChI=1S/C14H8Br4N2/c15-7-1-2-12-9(3-7)13(6-19-12)20-8-4-10(16)14(18)11(17)5-8/h1-6,19-20H. The fraction of sp³-hybridized carbons (Fsp3) is 0. The molecule has 0 spiro atoms. The molecule has 1 aromatic heterocycles. The van der Waals surface area contributed by atoms with E-state index in [2.05, 4.69) is 86.2 Å². The second kappa shape index (κ2) is 5.83. The third-order valence-electron chi connectivity index (χ3n) is 2.91. The van der Waals surface area contributed by atoms with E-state index >= 15 is 0 Å². The number of hydrogen-bond acceptors (Lipinski definition) is 1. The quantitative estimate of drug-likeness (QED) is 0.349. The average molecular weight is 524 g/mol. The molecule has 0 aliphatic rings. The predicted octanol–water partition coefficient (Wildman–Crippen LogP) is 6.96. The Morgan fingerprint density at radius 3 is 2.30 bits per heavy atom. The number of aromatic nitrogens is 1. The van der Waals surface area contributed by atoms with Crippen LogP contribution in [0, 0.1) is 0 Å². The van der Waals surface area contributed by atoms with Gasteiger partial charge in [-0.05, 0) is 78.1 Å². The molecule has 0 amide bonds. The van der Waals surface area contributed by atoms with Crippen molar-refractivity contribution in [3.63, 3.8) is 0 Å². The van der Waals surface area contributed by atoms with E-state index in [0.717, 1.165) is 40.2 Å². The van der Waals surface area contributed by atoms with Gasteiger partial charge in [-0.2, -0.15) is 0 Å². The molecule has 6 heteroatoms. The number of hydrogen-bond donors (Lipinski definition) is 2. The first-order valence-corrected chi connectivity index (χ1v) is 8.90. The van der Waals surface area contributed by atoms with Crippen LogP contribution in [0.25, 0.3) is 10.9 Å². The number of aromatic amines is 1. The normalized spacial score (nSPS) is 11.0. The number of rotatable bonds is 2. The lowest BCUT2D eigenvalue weighted by Gasteiger charge is -2.08. The summed E-state index contributed by atoms with van der Waals surface area (Å²) < 4.78 is 4.06. The molecule has 0 saturated carbocycles. The molecule has 0 atom stereocenters. The van der Waals surface area contributed by atoms with Crippen molar-refractivity contribution in [2.45, 2.75) is 0 Å². The molecule has 0 fully saturated rings. The van der Waals surface area contributed by atoms with Crippen molar-refractivity contribution < 1.29 is 0 Å². The van der Waals surface area contributed by atoms with E-state index in [1.165, 1.54) is 0 Å². The van der Waals surface area contributed by atoms with E-state index in [1.54, 1.807) is 0 Å². The molecule has 0 saturated heterocycles. The lowest BCUT2D eigenvalue weighted by Crippen LogP contribution is -1.90. The topological polar surface area (TPSA) is 27.8 Å². The Bertz CT molecular complexity index is 772. The van der Waals surface area contributed by atoms with Crippen molar-refractivity contribution in [2.24, 2.45) is 0 Å². The van der Waals surface area contributed by atoms with Gasteiger partial charge in [0.25, 0.3) is 0 Å². The molecule has 0 radical (unpaired) electrons. The van der Waals surface area contributed by atoms with Crippen LogP contribution in [0.15, 0.2) is 54.4 Å². The molecule has 20 heavy (non-hydrogen) atoms.